The van der Waals surface area contributed by atoms with Crippen molar-refractivity contribution in [3.8, 4) is 0 Å². The zero-order valence-corrected chi connectivity index (χ0v) is 23.6. The highest BCUT2D eigenvalue weighted by atomic mass is 16.7. The molecule has 2 aliphatic rings. The molecule has 0 saturated carbocycles. The van der Waals surface area contributed by atoms with Crippen LogP contribution in [0, 0.1) is 0 Å². The van der Waals surface area contributed by atoms with Crippen LogP contribution in [0.3, 0.4) is 0 Å². The van der Waals surface area contributed by atoms with Crippen molar-refractivity contribution in [1.82, 2.24) is 16.0 Å². The van der Waals surface area contributed by atoms with Gasteiger partial charge >= 0.3 is 11.9 Å². The lowest BCUT2D eigenvalue weighted by Crippen LogP contribution is -2.70. The van der Waals surface area contributed by atoms with Gasteiger partial charge in [0.25, 0.3) is 0 Å². The molecule has 246 valence electrons. The average molecular weight is 626 g/mol. The third-order valence-electron chi connectivity index (χ3n) is 6.75. The summed E-state index contributed by atoms with van der Waals surface area (Å²) in [6, 6.07) is -4.53. The van der Waals surface area contributed by atoms with Crippen LogP contribution in [0.5, 0.6) is 0 Å². The Bertz CT molecular complexity index is 1000. The summed E-state index contributed by atoms with van der Waals surface area (Å²) in [4.78, 5) is 59.1. The van der Waals surface area contributed by atoms with Gasteiger partial charge in [-0.25, -0.2) is 4.79 Å². The van der Waals surface area contributed by atoms with Crippen molar-refractivity contribution < 1.29 is 78.7 Å². The summed E-state index contributed by atoms with van der Waals surface area (Å²) in [5, 5.41) is 76.3. The summed E-state index contributed by atoms with van der Waals surface area (Å²) < 4.78 is 22.7. The zero-order valence-electron chi connectivity index (χ0n) is 23.6. The van der Waals surface area contributed by atoms with E-state index in [4.69, 9.17) is 24.1 Å². The molecule has 3 amide bonds. The molecule has 2 saturated heterocycles. The molecule has 2 heterocycles. The number of carboxylic acid groups (broad SMARTS) is 2. The van der Waals surface area contributed by atoms with Gasteiger partial charge in [0, 0.05) is 20.3 Å². The summed E-state index contributed by atoms with van der Waals surface area (Å²) >= 11 is 0. The first-order chi connectivity index (χ1) is 20.1. The molecule has 2 aliphatic heterocycles. The summed E-state index contributed by atoms with van der Waals surface area (Å²) in [7, 11) is 0. The van der Waals surface area contributed by atoms with Crippen LogP contribution in [-0.2, 0) is 42.9 Å². The van der Waals surface area contributed by atoms with Crippen molar-refractivity contribution in [2.75, 3.05) is 13.2 Å². The van der Waals surface area contributed by atoms with Crippen LogP contribution in [0.15, 0.2) is 0 Å². The number of rotatable bonds is 14. The molecule has 19 nitrogen and oxygen atoms in total. The van der Waals surface area contributed by atoms with Gasteiger partial charge in [-0.3, -0.25) is 19.2 Å². The maximum atomic E-state index is 12.9. The van der Waals surface area contributed by atoms with Crippen molar-refractivity contribution in [3.63, 3.8) is 0 Å². The summed E-state index contributed by atoms with van der Waals surface area (Å²) in [6.07, 6.45) is -15.4. The standard InChI is InChI=1S/C24H39N3O16/c1-8(21(36)27-11(22(37)38)4-5-14(32)33)40-20-16(26-10(3)31)23(39)41-13(7-29)19(20)43-24-15(25-9(2)30)18(35)17(34)12(6-28)42-24/h8,11-13,15-20,23-24,28-29,34-35,39H,4-7H2,1-3H3,(H,25,30)(H,26,31)(H,27,36)(H,32,33)(H,37,38)/t8-,11?,12+,13+,15+,16+,17+,18+,19?,20?,23-,24?/m0/s1. The predicted molar refractivity (Wildman–Crippen MR) is 137 cm³/mol. The fourth-order valence-corrected chi connectivity index (χ4v) is 4.63. The molecule has 0 aliphatic carbocycles. The van der Waals surface area contributed by atoms with E-state index in [1.807, 2.05) is 0 Å². The Kier molecular flexibility index (Phi) is 13.6. The van der Waals surface area contributed by atoms with E-state index in [0.29, 0.717) is 0 Å². The lowest BCUT2D eigenvalue weighted by Gasteiger charge is -2.48. The smallest absolute Gasteiger partial charge is 0.326 e. The molecule has 43 heavy (non-hydrogen) atoms. The van der Waals surface area contributed by atoms with Gasteiger partial charge in [0.2, 0.25) is 17.7 Å². The van der Waals surface area contributed by atoms with Crippen molar-refractivity contribution in [2.24, 2.45) is 0 Å². The number of carbonyl (C=O) groups is 5. The number of carboxylic acids is 2. The number of hydrogen-bond donors (Lipinski definition) is 10. The molecule has 4 unspecified atom stereocenters. The molecule has 0 aromatic carbocycles. The second-order valence-corrected chi connectivity index (χ2v) is 10.1. The Labute approximate surface area is 245 Å². The fourth-order valence-electron chi connectivity index (χ4n) is 4.63. The summed E-state index contributed by atoms with van der Waals surface area (Å²) in [5.74, 6) is -5.20. The van der Waals surface area contributed by atoms with E-state index in [0.717, 1.165) is 13.8 Å². The fraction of sp³-hybridized carbons (Fsp3) is 0.792. The number of amides is 3. The topological polar surface area (TPSA) is 300 Å². The molecule has 0 spiro atoms. The summed E-state index contributed by atoms with van der Waals surface area (Å²) in [6.45, 7) is 1.76. The van der Waals surface area contributed by atoms with Crippen molar-refractivity contribution in [3.05, 3.63) is 0 Å². The third kappa shape index (κ3) is 9.74. The highest BCUT2D eigenvalue weighted by molar-refractivity contribution is 5.86. The van der Waals surface area contributed by atoms with Crippen LogP contribution >= 0.6 is 0 Å². The van der Waals surface area contributed by atoms with E-state index in [2.05, 4.69) is 16.0 Å². The minimum absolute atomic E-state index is 0.449. The van der Waals surface area contributed by atoms with Crippen molar-refractivity contribution >= 4 is 29.7 Å². The van der Waals surface area contributed by atoms with Crippen LogP contribution < -0.4 is 16.0 Å². The van der Waals surface area contributed by atoms with Crippen molar-refractivity contribution in [2.45, 2.75) is 107 Å². The lowest BCUT2D eigenvalue weighted by atomic mass is 9.94. The van der Waals surface area contributed by atoms with E-state index in [-0.39, 0.29) is 0 Å². The Hall–Kier alpha value is -3.01. The van der Waals surface area contributed by atoms with E-state index in [1.165, 1.54) is 6.92 Å². The molecule has 0 bridgehead atoms. The molecule has 0 radical (unpaired) electrons. The number of aliphatic hydroxyl groups is 5. The Morgan fingerprint density at radius 2 is 1.42 bits per heavy atom. The zero-order chi connectivity index (χ0) is 32.6. The Morgan fingerprint density at radius 1 is 0.837 bits per heavy atom. The van der Waals surface area contributed by atoms with Gasteiger partial charge in [0.05, 0.1) is 13.2 Å². The van der Waals surface area contributed by atoms with Gasteiger partial charge < -0.3 is 70.6 Å². The first kappa shape index (κ1) is 36.2. The number of carbonyl (C=O) groups excluding carboxylic acids is 3. The lowest BCUT2D eigenvalue weighted by molar-refractivity contribution is -0.333. The molecule has 2 fully saturated rings. The number of aliphatic hydroxyl groups excluding tert-OH is 5. The SMILES string of the molecule is CC(=O)N[C@@H]1C(O[C@@H](C)C(=O)NC(CCC(=O)O)C(=O)O)C(OC2O[C@H](CO)[C@@H](O)[C@H](O)[C@H]2NC(C)=O)[C@@H](CO)O[C@@H]1O. The minimum atomic E-state index is -1.83. The number of aliphatic carboxylic acids is 2. The molecule has 0 aromatic rings. The molecule has 0 aromatic heterocycles. The highest BCUT2D eigenvalue weighted by Gasteiger charge is 2.52. The van der Waals surface area contributed by atoms with Crippen LogP contribution in [0.25, 0.3) is 0 Å². The normalized spacial score (nSPS) is 34.0. The number of ether oxygens (including phenoxy) is 4. The number of nitrogens with one attached hydrogen (secondary N) is 3. The van der Waals surface area contributed by atoms with Gasteiger partial charge in [-0.05, 0) is 13.3 Å². The maximum Gasteiger partial charge on any atom is 0.326 e. The molecule has 10 N–H and O–H groups in total. The second kappa shape index (κ2) is 16.2. The predicted octanol–water partition coefficient (Wildman–Crippen LogP) is -5.26. The van der Waals surface area contributed by atoms with E-state index in [1.54, 1.807) is 0 Å². The Morgan fingerprint density at radius 3 is 1.93 bits per heavy atom. The number of hydrogen-bond acceptors (Lipinski definition) is 14. The largest absolute Gasteiger partial charge is 0.481 e. The molecule has 19 heteroatoms. The van der Waals surface area contributed by atoms with Crippen LogP contribution in [0.1, 0.15) is 33.6 Å². The summed E-state index contributed by atoms with van der Waals surface area (Å²) in [5.41, 5.74) is 0. The average Bonchev–Trinajstić information content (AvgIpc) is 2.92. The molecule has 12 atom stereocenters. The van der Waals surface area contributed by atoms with Crippen LogP contribution in [0.4, 0.5) is 0 Å². The van der Waals surface area contributed by atoms with E-state index in [9.17, 15) is 54.6 Å². The minimum Gasteiger partial charge on any atom is -0.481 e. The van der Waals surface area contributed by atoms with Gasteiger partial charge in [0.15, 0.2) is 12.6 Å². The first-order valence-electron chi connectivity index (χ1n) is 13.3. The van der Waals surface area contributed by atoms with Gasteiger partial charge in [-0.15, -0.1) is 0 Å². The molecule has 2 rings (SSSR count). The maximum absolute atomic E-state index is 12.9. The van der Waals surface area contributed by atoms with Gasteiger partial charge in [-0.1, -0.05) is 0 Å². The van der Waals surface area contributed by atoms with Gasteiger partial charge in [0.1, 0.15) is 60.9 Å². The first-order valence-corrected chi connectivity index (χ1v) is 13.3. The van der Waals surface area contributed by atoms with E-state index >= 15 is 0 Å². The second-order valence-electron chi connectivity index (χ2n) is 10.1. The van der Waals surface area contributed by atoms with Crippen LogP contribution in [0.2, 0.25) is 0 Å². The van der Waals surface area contributed by atoms with E-state index < -0.39 is 129 Å². The third-order valence-corrected chi connectivity index (χ3v) is 6.75. The monoisotopic (exact) mass is 625 g/mol. The highest BCUT2D eigenvalue weighted by Crippen LogP contribution is 2.31. The van der Waals surface area contributed by atoms with Gasteiger partial charge in [-0.2, -0.15) is 0 Å². The van der Waals surface area contributed by atoms with Crippen LogP contribution in [-0.4, -0.2) is 152 Å². The molecular formula is C24H39N3O16. The Balaban J connectivity index is 2.42. The van der Waals surface area contributed by atoms with Crippen molar-refractivity contribution in [1.29, 1.82) is 0 Å². The molecular weight excluding hydrogens is 586 g/mol. The quantitative estimate of drug-likeness (QED) is 0.0862.